The van der Waals surface area contributed by atoms with Crippen molar-refractivity contribution in [2.24, 2.45) is 4.99 Å². The van der Waals surface area contributed by atoms with Gasteiger partial charge in [-0.05, 0) is 30.3 Å². The number of fused-ring (bicyclic) bond motifs is 1. The molecule has 3 aromatic rings. The van der Waals surface area contributed by atoms with Crippen molar-refractivity contribution in [2.45, 2.75) is 18.9 Å². The maximum atomic E-state index is 13.1. The molecule has 0 bridgehead atoms. The number of nitrogens with zero attached hydrogens (tertiary/aromatic N) is 4. The summed E-state index contributed by atoms with van der Waals surface area (Å²) >= 11 is 0.632. The Bertz CT molecular complexity index is 1220. The van der Waals surface area contributed by atoms with Gasteiger partial charge in [0.25, 0.3) is 0 Å². The molecule has 182 valence electrons. The van der Waals surface area contributed by atoms with Crippen LogP contribution in [0.25, 0.3) is 10.2 Å². The minimum Gasteiger partial charge on any atom is -0.369 e. The molecule has 0 saturated carbocycles. The summed E-state index contributed by atoms with van der Waals surface area (Å²) in [5.41, 5.74) is 0.487. The summed E-state index contributed by atoms with van der Waals surface area (Å²) < 4.78 is 79.1. The largest absolute Gasteiger partial charge is 0.473 e. The third-order valence-electron chi connectivity index (χ3n) is 5.58. The Kier molecular flexibility index (Phi) is 6.72. The fourth-order valence-corrected chi connectivity index (χ4v) is 4.90. The summed E-state index contributed by atoms with van der Waals surface area (Å²) in [5, 5.41) is 0. The van der Waals surface area contributed by atoms with E-state index in [0.29, 0.717) is 36.5 Å². The molecule has 1 saturated heterocycles. The predicted molar refractivity (Wildman–Crippen MR) is 117 cm³/mol. The predicted octanol–water partition coefficient (Wildman–Crippen LogP) is 4.53. The number of hydrogen-bond acceptors (Lipinski definition) is 4. The first kappa shape index (κ1) is 24.3. The Morgan fingerprint density at radius 3 is 2.21 bits per heavy atom. The number of carbonyl (C=O) groups is 1. The van der Waals surface area contributed by atoms with E-state index in [9.17, 15) is 31.1 Å². The molecule has 1 amide bonds. The van der Waals surface area contributed by atoms with E-state index >= 15 is 0 Å². The minimum absolute atomic E-state index is 0.109. The van der Waals surface area contributed by atoms with Crippen LogP contribution in [0.1, 0.15) is 5.56 Å². The van der Waals surface area contributed by atoms with E-state index in [0.717, 1.165) is 30.9 Å². The molecule has 2 aromatic carbocycles. The summed E-state index contributed by atoms with van der Waals surface area (Å²) in [4.78, 5) is 18.7. The summed E-state index contributed by atoms with van der Waals surface area (Å²) in [6.07, 6.45) is -9.76. The van der Waals surface area contributed by atoms with Gasteiger partial charge in [0, 0.05) is 45.0 Å². The fourth-order valence-electron chi connectivity index (χ4n) is 3.81. The molecule has 2 heterocycles. The first-order valence-corrected chi connectivity index (χ1v) is 11.2. The Labute approximate surface area is 194 Å². The van der Waals surface area contributed by atoms with Crippen molar-refractivity contribution in [3.8, 4) is 0 Å². The fraction of sp³-hybridized carbons (Fsp3) is 0.364. The standard InChI is InChI=1S/C22H20F6N4OS/c23-21(24,25)15-6-7-17-18(14-15)34-20(29-19(33)22(26,27)28)32(17)13-10-30-8-11-31(12-9-30)16-4-2-1-3-5-16/h1-7,14H,8-13H2. The monoisotopic (exact) mass is 502 g/mol. The smallest absolute Gasteiger partial charge is 0.369 e. The van der Waals surface area contributed by atoms with Gasteiger partial charge >= 0.3 is 18.3 Å². The highest BCUT2D eigenvalue weighted by atomic mass is 32.1. The number of amides is 1. The molecule has 12 heteroatoms. The second-order valence-electron chi connectivity index (χ2n) is 7.80. The van der Waals surface area contributed by atoms with Gasteiger partial charge in [0.15, 0.2) is 4.80 Å². The van der Waals surface area contributed by atoms with Crippen molar-refractivity contribution in [3.05, 3.63) is 58.9 Å². The van der Waals surface area contributed by atoms with Crippen molar-refractivity contribution in [1.29, 1.82) is 0 Å². The zero-order valence-electron chi connectivity index (χ0n) is 17.7. The van der Waals surface area contributed by atoms with Crippen LogP contribution >= 0.6 is 11.3 Å². The van der Waals surface area contributed by atoms with Crippen molar-refractivity contribution in [1.82, 2.24) is 9.47 Å². The third-order valence-corrected chi connectivity index (χ3v) is 6.62. The van der Waals surface area contributed by atoms with Crippen LogP contribution in [-0.2, 0) is 17.5 Å². The van der Waals surface area contributed by atoms with Gasteiger partial charge in [-0.2, -0.15) is 31.3 Å². The average Bonchev–Trinajstić information content (AvgIpc) is 3.13. The van der Waals surface area contributed by atoms with Crippen LogP contribution in [0.4, 0.5) is 32.0 Å². The Morgan fingerprint density at radius 2 is 1.59 bits per heavy atom. The van der Waals surface area contributed by atoms with Crippen LogP contribution in [0.15, 0.2) is 53.5 Å². The molecule has 34 heavy (non-hydrogen) atoms. The number of piperazine rings is 1. The van der Waals surface area contributed by atoms with E-state index in [2.05, 4.69) is 14.8 Å². The molecule has 0 unspecified atom stereocenters. The molecule has 0 N–H and O–H groups in total. The number of rotatable bonds is 4. The number of hydrogen-bond donors (Lipinski definition) is 0. The lowest BCUT2D eigenvalue weighted by Crippen LogP contribution is -2.47. The van der Waals surface area contributed by atoms with Crippen LogP contribution < -0.4 is 9.70 Å². The zero-order chi connectivity index (χ0) is 24.5. The molecule has 0 atom stereocenters. The number of aromatic nitrogens is 1. The number of anilines is 1. The summed E-state index contributed by atoms with van der Waals surface area (Å²) in [6.45, 7) is 3.58. The lowest BCUT2D eigenvalue weighted by atomic mass is 10.2. The zero-order valence-corrected chi connectivity index (χ0v) is 18.6. The van der Waals surface area contributed by atoms with Gasteiger partial charge in [0.1, 0.15) is 0 Å². The topological polar surface area (TPSA) is 40.8 Å². The minimum atomic E-state index is -5.17. The molecule has 0 spiro atoms. The van der Waals surface area contributed by atoms with Crippen LogP contribution in [0, 0.1) is 0 Å². The third kappa shape index (κ3) is 5.44. The van der Waals surface area contributed by atoms with Crippen LogP contribution in [0.5, 0.6) is 0 Å². The highest BCUT2D eigenvalue weighted by molar-refractivity contribution is 7.16. The lowest BCUT2D eigenvalue weighted by Gasteiger charge is -2.36. The molecular weight excluding hydrogens is 482 g/mol. The number of alkyl halides is 6. The van der Waals surface area contributed by atoms with Crippen molar-refractivity contribution < 1.29 is 31.1 Å². The van der Waals surface area contributed by atoms with Gasteiger partial charge in [0.2, 0.25) is 0 Å². The normalized spacial score (nSPS) is 16.4. The highest BCUT2D eigenvalue weighted by Gasteiger charge is 2.39. The Hall–Kier alpha value is -2.86. The van der Waals surface area contributed by atoms with E-state index in [4.69, 9.17) is 0 Å². The summed E-state index contributed by atoms with van der Waals surface area (Å²) in [6, 6.07) is 12.8. The number of thiazole rings is 1. The number of para-hydroxylation sites is 1. The van der Waals surface area contributed by atoms with E-state index in [1.165, 1.54) is 10.6 Å². The maximum Gasteiger partial charge on any atom is 0.473 e. The molecule has 0 aliphatic carbocycles. The number of carbonyl (C=O) groups excluding carboxylic acids is 1. The van der Waals surface area contributed by atoms with Crippen molar-refractivity contribution in [2.75, 3.05) is 37.6 Å². The highest BCUT2D eigenvalue weighted by Crippen LogP contribution is 2.32. The van der Waals surface area contributed by atoms with Gasteiger partial charge in [0.05, 0.1) is 15.8 Å². The molecule has 1 fully saturated rings. The van der Waals surface area contributed by atoms with E-state index in [-0.39, 0.29) is 16.0 Å². The van der Waals surface area contributed by atoms with Gasteiger partial charge < -0.3 is 9.47 Å². The molecule has 4 rings (SSSR count). The summed E-state index contributed by atoms with van der Waals surface area (Å²) in [5.74, 6) is -2.29. The molecule has 1 aromatic heterocycles. The second kappa shape index (κ2) is 9.41. The van der Waals surface area contributed by atoms with E-state index < -0.39 is 23.8 Å². The first-order chi connectivity index (χ1) is 16.0. The quantitative estimate of drug-likeness (QED) is 0.493. The maximum absolute atomic E-state index is 13.1. The average molecular weight is 502 g/mol. The molecule has 1 aliphatic rings. The molecular formula is C22H20F6N4OS. The van der Waals surface area contributed by atoms with Gasteiger partial charge in [-0.1, -0.05) is 29.5 Å². The Morgan fingerprint density at radius 1 is 0.912 bits per heavy atom. The number of benzene rings is 2. The molecule has 0 radical (unpaired) electrons. The van der Waals surface area contributed by atoms with Crippen LogP contribution in [0.3, 0.4) is 0 Å². The molecule has 1 aliphatic heterocycles. The van der Waals surface area contributed by atoms with Gasteiger partial charge in [-0.15, -0.1) is 0 Å². The second-order valence-corrected chi connectivity index (χ2v) is 8.80. The first-order valence-electron chi connectivity index (χ1n) is 10.4. The molecule has 5 nitrogen and oxygen atoms in total. The Balaban J connectivity index is 1.56. The number of halogens is 6. The van der Waals surface area contributed by atoms with Gasteiger partial charge in [-0.3, -0.25) is 9.69 Å². The van der Waals surface area contributed by atoms with E-state index in [1.54, 1.807) is 0 Å². The van der Waals surface area contributed by atoms with Gasteiger partial charge in [-0.25, -0.2) is 0 Å². The van der Waals surface area contributed by atoms with Crippen LogP contribution in [-0.4, -0.2) is 54.3 Å². The van der Waals surface area contributed by atoms with Crippen molar-refractivity contribution >= 4 is 33.1 Å². The van der Waals surface area contributed by atoms with Crippen molar-refractivity contribution in [3.63, 3.8) is 0 Å². The summed E-state index contributed by atoms with van der Waals surface area (Å²) in [7, 11) is 0. The lowest BCUT2D eigenvalue weighted by molar-refractivity contribution is -0.169. The van der Waals surface area contributed by atoms with Crippen LogP contribution in [0.2, 0.25) is 0 Å². The van der Waals surface area contributed by atoms with E-state index in [1.807, 2.05) is 30.3 Å². The SMILES string of the molecule is O=C(N=c1sc2cc(C(F)(F)F)ccc2n1CCN1CCN(c2ccccc2)CC1)C(F)(F)F.